The fourth-order valence-electron chi connectivity index (χ4n) is 5.06. The van der Waals surface area contributed by atoms with Gasteiger partial charge in [0.05, 0.1) is 0 Å². The second kappa shape index (κ2) is 7.44. The molecule has 26 heavy (non-hydrogen) atoms. The standard InChI is InChI=1S/C24H38O2/c1-6-7-8-11-23(4,5)20-15-22-18(14-21(20)25)9-12-24(26-22)13-10-19(16-24)17(2)3/h14-15,17,19,25H,6-13,16H2,1-5H3. The van der Waals surface area contributed by atoms with Crippen molar-refractivity contribution in [1.29, 1.82) is 0 Å². The average Bonchev–Trinajstić information content (AvgIpc) is 2.99. The molecule has 0 amide bonds. The number of ether oxygens (including phenoxy) is 1. The lowest BCUT2D eigenvalue weighted by atomic mass is 9.78. The molecule has 3 rings (SSSR count). The summed E-state index contributed by atoms with van der Waals surface area (Å²) < 4.78 is 6.67. The number of unbranched alkanes of at least 4 members (excludes halogenated alkanes) is 2. The molecule has 0 radical (unpaired) electrons. The van der Waals surface area contributed by atoms with Crippen LogP contribution in [0.2, 0.25) is 0 Å². The van der Waals surface area contributed by atoms with Gasteiger partial charge in [-0.3, -0.25) is 0 Å². The zero-order valence-corrected chi connectivity index (χ0v) is 17.5. The van der Waals surface area contributed by atoms with Gasteiger partial charge in [-0.15, -0.1) is 0 Å². The number of aryl methyl sites for hydroxylation is 1. The Bertz CT molecular complexity index is 631. The quantitative estimate of drug-likeness (QED) is 0.569. The van der Waals surface area contributed by atoms with Crippen LogP contribution in [-0.2, 0) is 11.8 Å². The molecule has 2 aliphatic rings. The average molecular weight is 359 g/mol. The Morgan fingerprint density at radius 2 is 2.00 bits per heavy atom. The Kier molecular flexibility index (Phi) is 5.61. The van der Waals surface area contributed by atoms with E-state index in [1.165, 1.54) is 44.1 Å². The van der Waals surface area contributed by atoms with E-state index in [1.807, 2.05) is 6.07 Å². The first kappa shape index (κ1) is 19.6. The maximum absolute atomic E-state index is 10.7. The van der Waals surface area contributed by atoms with Crippen molar-refractivity contribution in [2.45, 2.75) is 103 Å². The van der Waals surface area contributed by atoms with Gasteiger partial charge >= 0.3 is 0 Å². The molecule has 1 aromatic rings. The van der Waals surface area contributed by atoms with Crippen molar-refractivity contribution < 1.29 is 9.84 Å². The van der Waals surface area contributed by atoms with Crippen LogP contribution in [0.1, 0.15) is 97.1 Å². The van der Waals surface area contributed by atoms with E-state index < -0.39 is 0 Å². The minimum absolute atomic E-state index is 0.0155. The molecule has 2 nitrogen and oxygen atoms in total. The highest BCUT2D eigenvalue weighted by atomic mass is 16.5. The van der Waals surface area contributed by atoms with Gasteiger partial charge in [-0.25, -0.2) is 0 Å². The highest BCUT2D eigenvalue weighted by Crippen LogP contribution is 2.49. The maximum Gasteiger partial charge on any atom is 0.123 e. The first-order chi connectivity index (χ1) is 12.3. The van der Waals surface area contributed by atoms with Crippen LogP contribution >= 0.6 is 0 Å². The van der Waals surface area contributed by atoms with E-state index >= 15 is 0 Å². The number of aromatic hydroxyl groups is 1. The number of benzene rings is 1. The highest BCUT2D eigenvalue weighted by molar-refractivity contribution is 5.50. The zero-order chi connectivity index (χ0) is 18.9. The summed E-state index contributed by atoms with van der Waals surface area (Å²) in [4.78, 5) is 0. The van der Waals surface area contributed by atoms with E-state index in [1.54, 1.807) is 0 Å². The fourth-order valence-corrected chi connectivity index (χ4v) is 5.06. The lowest BCUT2D eigenvalue weighted by Crippen LogP contribution is -2.37. The molecule has 1 fully saturated rings. The van der Waals surface area contributed by atoms with Gasteiger partial charge in [0.1, 0.15) is 17.1 Å². The Morgan fingerprint density at radius 3 is 2.65 bits per heavy atom. The molecule has 146 valence electrons. The number of fused-ring (bicyclic) bond motifs is 1. The minimum atomic E-state index is -0.0155. The Morgan fingerprint density at radius 1 is 1.23 bits per heavy atom. The van der Waals surface area contributed by atoms with Gasteiger partial charge in [-0.05, 0) is 73.5 Å². The molecular weight excluding hydrogens is 320 g/mol. The third kappa shape index (κ3) is 3.89. The molecule has 0 saturated heterocycles. The molecular formula is C24H38O2. The third-order valence-corrected chi connectivity index (χ3v) is 7.04. The van der Waals surface area contributed by atoms with E-state index in [9.17, 15) is 5.11 Å². The topological polar surface area (TPSA) is 29.5 Å². The second-order valence-corrected chi connectivity index (χ2v) is 9.85. The molecule has 1 saturated carbocycles. The van der Waals surface area contributed by atoms with Crippen LogP contribution in [0.25, 0.3) is 0 Å². The predicted molar refractivity (Wildman–Crippen MR) is 109 cm³/mol. The van der Waals surface area contributed by atoms with Gasteiger partial charge in [0.25, 0.3) is 0 Å². The van der Waals surface area contributed by atoms with Gasteiger partial charge in [0.15, 0.2) is 0 Å². The normalized spacial score (nSPS) is 25.5. The minimum Gasteiger partial charge on any atom is -0.508 e. The SMILES string of the molecule is CCCCCC(C)(C)c1cc2c(cc1O)CCC1(CCC(C(C)C)C1)O2. The maximum atomic E-state index is 10.7. The molecule has 2 unspecified atom stereocenters. The summed E-state index contributed by atoms with van der Waals surface area (Å²) in [5, 5.41) is 10.7. The zero-order valence-electron chi connectivity index (χ0n) is 17.5. The number of hydrogen-bond donors (Lipinski definition) is 1. The Balaban J connectivity index is 1.82. The lowest BCUT2D eigenvalue weighted by molar-refractivity contribution is 0.0464. The largest absolute Gasteiger partial charge is 0.508 e. The summed E-state index contributed by atoms with van der Waals surface area (Å²) in [7, 11) is 0. The van der Waals surface area contributed by atoms with Crippen molar-refractivity contribution in [1.82, 2.24) is 0 Å². The summed E-state index contributed by atoms with van der Waals surface area (Å²) in [5.41, 5.74) is 2.28. The molecule has 1 spiro atoms. The molecule has 1 aliphatic carbocycles. The summed E-state index contributed by atoms with van der Waals surface area (Å²) in [6.45, 7) is 11.4. The monoisotopic (exact) mass is 358 g/mol. The number of phenolic OH excluding ortho intramolecular Hbond substituents is 1. The molecule has 1 aliphatic heterocycles. The Hall–Kier alpha value is -1.18. The first-order valence-corrected chi connectivity index (χ1v) is 10.8. The van der Waals surface area contributed by atoms with Gasteiger partial charge in [0.2, 0.25) is 0 Å². The highest BCUT2D eigenvalue weighted by Gasteiger charge is 2.44. The van der Waals surface area contributed by atoms with Crippen LogP contribution < -0.4 is 4.74 Å². The predicted octanol–water partition coefficient (Wildman–Crippen LogP) is 6.77. The lowest BCUT2D eigenvalue weighted by Gasteiger charge is -2.37. The van der Waals surface area contributed by atoms with E-state index in [-0.39, 0.29) is 11.0 Å². The van der Waals surface area contributed by atoms with E-state index in [0.717, 1.165) is 42.4 Å². The second-order valence-electron chi connectivity index (χ2n) is 9.85. The summed E-state index contributed by atoms with van der Waals surface area (Å²) >= 11 is 0. The van der Waals surface area contributed by atoms with Gasteiger partial charge in [-0.1, -0.05) is 53.9 Å². The van der Waals surface area contributed by atoms with Crippen LogP contribution in [0.4, 0.5) is 0 Å². The van der Waals surface area contributed by atoms with Crippen LogP contribution in [0.3, 0.4) is 0 Å². The smallest absolute Gasteiger partial charge is 0.123 e. The molecule has 0 aromatic heterocycles. The molecule has 1 aromatic carbocycles. The molecule has 0 bridgehead atoms. The summed E-state index contributed by atoms with van der Waals surface area (Å²) in [5.74, 6) is 3.03. The first-order valence-electron chi connectivity index (χ1n) is 10.8. The van der Waals surface area contributed by atoms with Crippen LogP contribution in [0.15, 0.2) is 12.1 Å². The Labute approximate surface area is 160 Å². The van der Waals surface area contributed by atoms with Gasteiger partial charge < -0.3 is 9.84 Å². The fraction of sp³-hybridized carbons (Fsp3) is 0.750. The van der Waals surface area contributed by atoms with Crippen LogP contribution in [-0.4, -0.2) is 10.7 Å². The van der Waals surface area contributed by atoms with E-state index in [2.05, 4.69) is 40.7 Å². The van der Waals surface area contributed by atoms with Crippen molar-refractivity contribution >= 4 is 0 Å². The van der Waals surface area contributed by atoms with Crippen molar-refractivity contribution in [3.05, 3.63) is 23.3 Å². The number of hydrogen-bond acceptors (Lipinski definition) is 2. The summed E-state index contributed by atoms with van der Waals surface area (Å²) in [6, 6.07) is 4.15. The van der Waals surface area contributed by atoms with Gasteiger partial charge in [-0.2, -0.15) is 0 Å². The summed E-state index contributed by atoms with van der Waals surface area (Å²) in [6.07, 6.45) is 10.6. The van der Waals surface area contributed by atoms with Crippen molar-refractivity contribution in [3.8, 4) is 11.5 Å². The van der Waals surface area contributed by atoms with Crippen molar-refractivity contribution in [3.63, 3.8) is 0 Å². The van der Waals surface area contributed by atoms with Crippen molar-refractivity contribution in [2.75, 3.05) is 0 Å². The van der Waals surface area contributed by atoms with Gasteiger partial charge in [0, 0.05) is 5.56 Å². The van der Waals surface area contributed by atoms with E-state index in [4.69, 9.17) is 4.74 Å². The molecule has 2 heteroatoms. The van der Waals surface area contributed by atoms with Crippen LogP contribution in [0, 0.1) is 11.8 Å². The van der Waals surface area contributed by atoms with Crippen molar-refractivity contribution in [2.24, 2.45) is 11.8 Å². The van der Waals surface area contributed by atoms with E-state index in [0.29, 0.717) is 5.75 Å². The number of rotatable bonds is 6. The molecule has 1 heterocycles. The van der Waals surface area contributed by atoms with Crippen LogP contribution in [0.5, 0.6) is 11.5 Å². The number of phenols is 1. The molecule has 1 N–H and O–H groups in total. The third-order valence-electron chi connectivity index (χ3n) is 7.04. The molecule has 2 atom stereocenters.